The van der Waals surface area contributed by atoms with Crippen molar-refractivity contribution in [3.63, 3.8) is 0 Å². The lowest BCUT2D eigenvalue weighted by molar-refractivity contribution is -0.112. The maximum Gasteiger partial charge on any atom is 0.123 e. The first-order valence-corrected chi connectivity index (χ1v) is 10.4. The molecule has 1 fully saturated rings. The third-order valence-electron chi connectivity index (χ3n) is 5.41. The summed E-state index contributed by atoms with van der Waals surface area (Å²) < 4.78 is 0. The van der Waals surface area contributed by atoms with Gasteiger partial charge in [0.05, 0.1) is 0 Å². The molecule has 0 unspecified atom stereocenters. The topological polar surface area (TPSA) is 23.6 Å². The largest absolute Gasteiger partial charge is 0.368 e. The van der Waals surface area contributed by atoms with E-state index in [4.69, 9.17) is 0 Å². The number of piperidine rings is 1. The molecule has 0 spiro atoms. The van der Waals surface area contributed by atoms with Gasteiger partial charge in [-0.15, -0.1) is 0 Å². The number of nitrogens with zero attached hydrogens (tertiary/aromatic N) is 2. The van der Waals surface area contributed by atoms with Gasteiger partial charge in [-0.25, -0.2) is 0 Å². The van der Waals surface area contributed by atoms with E-state index >= 15 is 0 Å². The third kappa shape index (κ3) is 6.95. The number of likely N-dealkylation sites (tertiary alicyclic amines) is 1. The van der Waals surface area contributed by atoms with Crippen molar-refractivity contribution in [1.29, 1.82) is 0 Å². The Morgan fingerprint density at radius 3 is 2.73 bits per heavy atom. The Kier molecular flexibility index (Phi) is 9.47. The lowest BCUT2D eigenvalue weighted by Crippen LogP contribution is -2.35. The van der Waals surface area contributed by atoms with Crippen molar-refractivity contribution in [3.8, 4) is 0 Å². The summed E-state index contributed by atoms with van der Waals surface area (Å²) in [6.45, 7) is 9.69. The molecule has 1 heterocycles. The molecule has 0 radical (unpaired) electrons. The van der Waals surface area contributed by atoms with Gasteiger partial charge >= 0.3 is 0 Å². The molecule has 3 nitrogen and oxygen atoms in total. The lowest BCUT2D eigenvalue weighted by atomic mass is 9.98. The van der Waals surface area contributed by atoms with Gasteiger partial charge in [0.1, 0.15) is 6.29 Å². The van der Waals surface area contributed by atoms with Crippen molar-refractivity contribution in [2.45, 2.75) is 52.4 Å². The van der Waals surface area contributed by atoms with E-state index < -0.39 is 0 Å². The van der Waals surface area contributed by atoms with Gasteiger partial charge < -0.3 is 14.6 Å². The fraction of sp³-hybridized carbons (Fsp3) is 0.609. The number of unbranched alkanes of at least 4 members (excludes halogenated alkanes) is 2. The zero-order valence-electron chi connectivity index (χ0n) is 16.7. The maximum absolute atomic E-state index is 10.9. The second kappa shape index (κ2) is 11.9. The summed E-state index contributed by atoms with van der Waals surface area (Å²) >= 11 is 0. The van der Waals surface area contributed by atoms with Crippen LogP contribution in [0.2, 0.25) is 0 Å². The first-order valence-electron chi connectivity index (χ1n) is 10.4. The molecule has 26 heavy (non-hydrogen) atoms. The number of allylic oxidation sites excluding steroid dienone is 1. The number of carbonyl (C=O) groups is 1. The molecule has 0 bridgehead atoms. The van der Waals surface area contributed by atoms with Crippen LogP contribution in [-0.2, 0) is 11.2 Å². The minimum atomic E-state index is 0.290. The molecular formula is C23H36N2O. The fourth-order valence-electron chi connectivity index (χ4n) is 3.62. The summed E-state index contributed by atoms with van der Waals surface area (Å²) in [6, 6.07) is 9.06. The molecule has 1 aromatic rings. The summed E-state index contributed by atoms with van der Waals surface area (Å²) in [5, 5.41) is 0. The van der Waals surface area contributed by atoms with E-state index in [1.165, 1.54) is 30.5 Å². The minimum Gasteiger partial charge on any atom is -0.368 e. The van der Waals surface area contributed by atoms with E-state index in [1.807, 2.05) is 0 Å². The van der Waals surface area contributed by atoms with Crippen molar-refractivity contribution >= 4 is 12.0 Å². The highest BCUT2D eigenvalue weighted by Crippen LogP contribution is 2.19. The molecule has 0 N–H and O–H groups in total. The number of hydrogen-bond acceptors (Lipinski definition) is 3. The predicted octanol–water partition coefficient (Wildman–Crippen LogP) is 4.71. The lowest BCUT2D eigenvalue weighted by Gasteiger charge is -2.29. The molecule has 144 valence electrons. The minimum absolute atomic E-state index is 0.290. The molecule has 0 aromatic heterocycles. The van der Waals surface area contributed by atoms with Crippen LogP contribution in [0.15, 0.2) is 36.4 Å². The van der Waals surface area contributed by atoms with Crippen LogP contribution in [0.3, 0.4) is 0 Å². The quantitative estimate of drug-likeness (QED) is 0.326. The molecule has 2 rings (SSSR count). The second-order valence-corrected chi connectivity index (χ2v) is 7.46. The Hall–Kier alpha value is -1.61. The van der Waals surface area contributed by atoms with E-state index in [2.05, 4.69) is 60.1 Å². The van der Waals surface area contributed by atoms with Gasteiger partial charge in [-0.2, -0.15) is 0 Å². The van der Waals surface area contributed by atoms with Gasteiger partial charge in [0.15, 0.2) is 0 Å². The number of benzene rings is 1. The fourth-order valence-corrected chi connectivity index (χ4v) is 3.62. The van der Waals surface area contributed by atoms with Gasteiger partial charge in [-0.1, -0.05) is 44.1 Å². The Balaban J connectivity index is 1.90. The van der Waals surface area contributed by atoms with Gasteiger partial charge in [0, 0.05) is 31.2 Å². The summed E-state index contributed by atoms with van der Waals surface area (Å²) in [4.78, 5) is 15.9. The molecule has 0 aliphatic carbocycles. The van der Waals surface area contributed by atoms with Crippen molar-refractivity contribution in [1.82, 2.24) is 4.90 Å². The van der Waals surface area contributed by atoms with E-state index in [0.29, 0.717) is 0 Å². The number of rotatable bonds is 11. The molecule has 1 saturated heterocycles. The predicted molar refractivity (Wildman–Crippen MR) is 112 cm³/mol. The molecular weight excluding hydrogens is 320 g/mol. The van der Waals surface area contributed by atoms with Crippen LogP contribution in [-0.4, -0.2) is 43.9 Å². The highest BCUT2D eigenvalue weighted by molar-refractivity contribution is 5.53. The van der Waals surface area contributed by atoms with Crippen molar-refractivity contribution in [2.75, 3.05) is 37.6 Å². The van der Waals surface area contributed by atoms with E-state index in [0.717, 1.165) is 58.3 Å². The first-order chi connectivity index (χ1) is 12.8. The van der Waals surface area contributed by atoms with Crippen LogP contribution in [0.5, 0.6) is 0 Å². The third-order valence-corrected chi connectivity index (χ3v) is 5.41. The molecule has 1 aliphatic rings. The summed E-state index contributed by atoms with van der Waals surface area (Å²) in [7, 11) is 0. The molecule has 3 heteroatoms. The number of hydrogen-bond donors (Lipinski definition) is 0. The van der Waals surface area contributed by atoms with Gasteiger partial charge in [0.2, 0.25) is 0 Å². The van der Waals surface area contributed by atoms with E-state index in [-0.39, 0.29) is 5.92 Å². The average Bonchev–Trinajstić information content (AvgIpc) is 2.69. The molecule has 0 saturated carbocycles. The standard InChI is InChI=1S/C23H36N2O/c1-3-5-7-15-25(14-6-4-2)23-10-8-9-21(19-23)11-16-24-17-12-22(20-26)13-18-24/h4,6,8-10,19-20,22H,3,5,7,11-18H2,1-2H3/b6-4+. The summed E-state index contributed by atoms with van der Waals surface area (Å²) in [5.74, 6) is 0.290. The maximum atomic E-state index is 10.9. The Morgan fingerprint density at radius 1 is 1.23 bits per heavy atom. The number of anilines is 1. The Morgan fingerprint density at radius 2 is 2.04 bits per heavy atom. The first kappa shape index (κ1) is 20.7. The zero-order valence-corrected chi connectivity index (χ0v) is 16.7. The zero-order chi connectivity index (χ0) is 18.6. The second-order valence-electron chi connectivity index (χ2n) is 7.46. The average molecular weight is 357 g/mol. The number of aldehydes is 1. The Labute approximate surface area is 160 Å². The SMILES string of the molecule is C/C=C/CN(CCCCC)c1cccc(CCN2CCC(C=O)CC2)c1. The van der Waals surface area contributed by atoms with Crippen LogP contribution in [0, 0.1) is 5.92 Å². The highest BCUT2D eigenvalue weighted by Gasteiger charge is 2.18. The molecule has 1 aromatic carbocycles. The summed E-state index contributed by atoms with van der Waals surface area (Å²) in [5.41, 5.74) is 2.76. The van der Waals surface area contributed by atoms with E-state index in [1.54, 1.807) is 0 Å². The normalized spacial score (nSPS) is 16.2. The molecule has 1 aliphatic heterocycles. The van der Waals surface area contributed by atoms with Crippen molar-refractivity contribution in [3.05, 3.63) is 42.0 Å². The molecule has 0 atom stereocenters. The van der Waals surface area contributed by atoms with Gasteiger partial charge in [0.25, 0.3) is 0 Å². The van der Waals surface area contributed by atoms with E-state index in [9.17, 15) is 4.79 Å². The highest BCUT2D eigenvalue weighted by atomic mass is 16.1. The van der Waals surface area contributed by atoms with Crippen LogP contribution < -0.4 is 4.90 Å². The van der Waals surface area contributed by atoms with Crippen LogP contribution >= 0.6 is 0 Å². The van der Waals surface area contributed by atoms with Crippen LogP contribution in [0.4, 0.5) is 5.69 Å². The summed E-state index contributed by atoms with van der Waals surface area (Å²) in [6.07, 6.45) is 12.5. The smallest absolute Gasteiger partial charge is 0.123 e. The van der Waals surface area contributed by atoms with Gasteiger partial charge in [-0.05, 0) is 63.4 Å². The van der Waals surface area contributed by atoms with Crippen molar-refractivity contribution < 1.29 is 4.79 Å². The molecule has 0 amide bonds. The van der Waals surface area contributed by atoms with Crippen LogP contribution in [0.25, 0.3) is 0 Å². The van der Waals surface area contributed by atoms with Gasteiger partial charge in [-0.3, -0.25) is 0 Å². The van der Waals surface area contributed by atoms with Crippen LogP contribution in [0.1, 0.15) is 51.5 Å². The number of carbonyl (C=O) groups excluding carboxylic acids is 1. The Bertz CT molecular complexity index is 547. The van der Waals surface area contributed by atoms with Crippen molar-refractivity contribution in [2.24, 2.45) is 5.92 Å². The monoisotopic (exact) mass is 356 g/mol.